The Kier molecular flexibility index (Phi) is 5.07. The van der Waals surface area contributed by atoms with Crippen molar-refractivity contribution in [1.29, 1.82) is 0 Å². The first kappa shape index (κ1) is 14.9. The molecular formula is C16H20ClNO2. The van der Waals surface area contributed by atoms with Gasteiger partial charge < -0.3 is 10.0 Å². The van der Waals surface area contributed by atoms with E-state index in [0.29, 0.717) is 10.9 Å². The van der Waals surface area contributed by atoms with Gasteiger partial charge in [0.15, 0.2) is 0 Å². The molecule has 20 heavy (non-hydrogen) atoms. The van der Waals surface area contributed by atoms with Gasteiger partial charge in [-0.05, 0) is 36.5 Å². The molecule has 108 valence electrons. The fourth-order valence-electron chi connectivity index (χ4n) is 2.90. The van der Waals surface area contributed by atoms with Crippen LogP contribution in [0.15, 0.2) is 24.3 Å². The monoisotopic (exact) mass is 293 g/mol. The minimum Gasteiger partial charge on any atom is -0.478 e. The maximum Gasteiger partial charge on any atom is 0.328 e. The Morgan fingerprint density at radius 3 is 2.80 bits per heavy atom. The third-order valence-corrected chi connectivity index (χ3v) is 4.12. The van der Waals surface area contributed by atoms with Crippen LogP contribution in [0.1, 0.15) is 31.2 Å². The highest BCUT2D eigenvalue weighted by atomic mass is 35.5. The number of carboxylic acid groups (broad SMARTS) is 1. The molecule has 1 aliphatic rings. The predicted molar refractivity (Wildman–Crippen MR) is 83.3 cm³/mol. The van der Waals surface area contributed by atoms with Gasteiger partial charge in [-0.1, -0.05) is 36.6 Å². The van der Waals surface area contributed by atoms with Crippen molar-refractivity contribution in [2.24, 2.45) is 5.92 Å². The molecule has 0 aliphatic heterocycles. The van der Waals surface area contributed by atoms with Gasteiger partial charge in [0.05, 0.1) is 10.7 Å². The van der Waals surface area contributed by atoms with E-state index in [2.05, 4.69) is 4.90 Å². The van der Waals surface area contributed by atoms with E-state index in [4.69, 9.17) is 16.7 Å². The second-order valence-corrected chi connectivity index (χ2v) is 5.79. The first-order valence-electron chi connectivity index (χ1n) is 6.98. The number of hydrogen-bond donors (Lipinski definition) is 1. The molecule has 1 aromatic carbocycles. The molecule has 1 N–H and O–H groups in total. The molecule has 0 bridgehead atoms. The standard InChI is InChI=1S/C16H20ClNO2/c1-18(11-12-5-2-3-6-12)16-13(9-10-15(19)20)7-4-8-14(16)17/h4,7-10,12H,2-3,5-6,11H2,1H3,(H,19,20)/b10-9+. The van der Waals surface area contributed by atoms with Crippen LogP contribution in [0.2, 0.25) is 5.02 Å². The van der Waals surface area contributed by atoms with E-state index in [1.54, 1.807) is 6.08 Å². The minimum absolute atomic E-state index is 0.665. The van der Waals surface area contributed by atoms with Crippen LogP contribution in [0.25, 0.3) is 6.08 Å². The Hall–Kier alpha value is -1.48. The first-order valence-corrected chi connectivity index (χ1v) is 7.36. The number of para-hydroxylation sites is 1. The number of rotatable bonds is 5. The smallest absolute Gasteiger partial charge is 0.328 e. The Bertz CT molecular complexity index is 507. The number of carbonyl (C=O) groups is 1. The van der Waals surface area contributed by atoms with E-state index < -0.39 is 5.97 Å². The second-order valence-electron chi connectivity index (χ2n) is 5.38. The summed E-state index contributed by atoms with van der Waals surface area (Å²) in [4.78, 5) is 12.8. The summed E-state index contributed by atoms with van der Waals surface area (Å²) in [6, 6.07) is 5.59. The zero-order valence-corrected chi connectivity index (χ0v) is 12.4. The minimum atomic E-state index is -0.950. The quantitative estimate of drug-likeness (QED) is 0.832. The molecule has 1 saturated carbocycles. The fourth-order valence-corrected chi connectivity index (χ4v) is 3.23. The van der Waals surface area contributed by atoms with Gasteiger partial charge in [-0.2, -0.15) is 0 Å². The van der Waals surface area contributed by atoms with Gasteiger partial charge in [0.2, 0.25) is 0 Å². The van der Waals surface area contributed by atoms with Gasteiger partial charge in [0.25, 0.3) is 0 Å². The van der Waals surface area contributed by atoms with Crippen molar-refractivity contribution >= 4 is 29.3 Å². The molecular weight excluding hydrogens is 274 g/mol. The lowest BCUT2D eigenvalue weighted by molar-refractivity contribution is -0.131. The lowest BCUT2D eigenvalue weighted by atomic mass is 10.1. The molecule has 0 amide bonds. The third-order valence-electron chi connectivity index (χ3n) is 3.81. The van der Waals surface area contributed by atoms with Gasteiger partial charge in [-0.15, -0.1) is 0 Å². The van der Waals surface area contributed by atoms with Crippen molar-refractivity contribution in [2.45, 2.75) is 25.7 Å². The van der Waals surface area contributed by atoms with E-state index in [9.17, 15) is 4.79 Å². The third kappa shape index (κ3) is 3.76. The second kappa shape index (κ2) is 6.80. The van der Waals surface area contributed by atoms with Crippen molar-refractivity contribution in [3.63, 3.8) is 0 Å². The SMILES string of the molecule is CN(CC1CCCC1)c1c(Cl)cccc1/C=C/C(=O)O. The van der Waals surface area contributed by atoms with Crippen LogP contribution >= 0.6 is 11.6 Å². The summed E-state index contributed by atoms with van der Waals surface area (Å²) in [6.07, 6.45) is 7.93. The van der Waals surface area contributed by atoms with E-state index in [0.717, 1.165) is 23.9 Å². The molecule has 2 rings (SSSR count). The van der Waals surface area contributed by atoms with Crippen LogP contribution in [0.5, 0.6) is 0 Å². The number of anilines is 1. The summed E-state index contributed by atoms with van der Waals surface area (Å²) in [6.45, 7) is 0.970. The highest BCUT2D eigenvalue weighted by molar-refractivity contribution is 6.33. The summed E-state index contributed by atoms with van der Waals surface area (Å²) in [7, 11) is 2.03. The summed E-state index contributed by atoms with van der Waals surface area (Å²) in [5.41, 5.74) is 1.76. The van der Waals surface area contributed by atoms with E-state index >= 15 is 0 Å². The Morgan fingerprint density at radius 1 is 1.45 bits per heavy atom. The number of benzene rings is 1. The lowest BCUT2D eigenvalue weighted by Crippen LogP contribution is -2.25. The number of nitrogens with zero attached hydrogens (tertiary/aromatic N) is 1. The average Bonchev–Trinajstić information content (AvgIpc) is 2.88. The van der Waals surface area contributed by atoms with E-state index in [-0.39, 0.29) is 0 Å². The average molecular weight is 294 g/mol. The van der Waals surface area contributed by atoms with Crippen LogP contribution in [-0.4, -0.2) is 24.7 Å². The molecule has 1 fully saturated rings. The number of hydrogen-bond acceptors (Lipinski definition) is 2. The van der Waals surface area contributed by atoms with Crippen LogP contribution in [0, 0.1) is 5.92 Å². The van der Waals surface area contributed by atoms with Gasteiger partial charge in [0.1, 0.15) is 0 Å². The van der Waals surface area contributed by atoms with Crippen LogP contribution in [0.3, 0.4) is 0 Å². The van der Waals surface area contributed by atoms with Gasteiger partial charge in [0, 0.05) is 19.7 Å². The number of carboxylic acids is 1. The van der Waals surface area contributed by atoms with Gasteiger partial charge >= 0.3 is 5.97 Å². The van der Waals surface area contributed by atoms with Gasteiger partial charge in [-0.25, -0.2) is 4.79 Å². The van der Waals surface area contributed by atoms with Crippen molar-refractivity contribution < 1.29 is 9.90 Å². The molecule has 1 aliphatic carbocycles. The maximum absolute atomic E-state index is 10.7. The van der Waals surface area contributed by atoms with Crippen molar-refractivity contribution in [3.8, 4) is 0 Å². The molecule has 0 aromatic heterocycles. The van der Waals surface area contributed by atoms with E-state index in [1.165, 1.54) is 25.7 Å². The predicted octanol–water partition coefficient (Wildman–Crippen LogP) is 4.06. The zero-order chi connectivity index (χ0) is 14.5. The highest BCUT2D eigenvalue weighted by Gasteiger charge is 2.19. The molecule has 0 heterocycles. The van der Waals surface area contributed by atoms with Crippen LogP contribution < -0.4 is 4.90 Å². The van der Waals surface area contributed by atoms with Crippen molar-refractivity contribution in [3.05, 3.63) is 34.9 Å². The largest absolute Gasteiger partial charge is 0.478 e. The van der Waals surface area contributed by atoms with Crippen LogP contribution in [-0.2, 0) is 4.79 Å². The normalized spacial score (nSPS) is 15.9. The molecule has 0 atom stereocenters. The molecule has 0 unspecified atom stereocenters. The molecule has 3 nitrogen and oxygen atoms in total. The Morgan fingerprint density at radius 2 is 2.15 bits per heavy atom. The highest BCUT2D eigenvalue weighted by Crippen LogP contribution is 2.33. The first-order chi connectivity index (χ1) is 9.58. The summed E-state index contributed by atoms with van der Waals surface area (Å²) in [5, 5.41) is 9.43. The zero-order valence-electron chi connectivity index (χ0n) is 11.7. The maximum atomic E-state index is 10.7. The Balaban J connectivity index is 2.21. The summed E-state index contributed by atoms with van der Waals surface area (Å²) >= 11 is 6.30. The van der Waals surface area contributed by atoms with Gasteiger partial charge in [-0.3, -0.25) is 0 Å². The van der Waals surface area contributed by atoms with E-state index in [1.807, 2.05) is 25.2 Å². The summed E-state index contributed by atoms with van der Waals surface area (Å²) in [5.74, 6) is -0.234. The number of halogens is 1. The van der Waals surface area contributed by atoms with Crippen LogP contribution in [0.4, 0.5) is 5.69 Å². The molecule has 0 spiro atoms. The summed E-state index contributed by atoms with van der Waals surface area (Å²) < 4.78 is 0. The van der Waals surface area contributed by atoms with Crippen molar-refractivity contribution in [2.75, 3.05) is 18.5 Å². The molecule has 0 saturated heterocycles. The lowest BCUT2D eigenvalue weighted by Gasteiger charge is -2.25. The molecule has 0 radical (unpaired) electrons. The fraction of sp³-hybridized carbons (Fsp3) is 0.438. The molecule has 1 aromatic rings. The number of aliphatic carboxylic acids is 1. The Labute approximate surface area is 124 Å². The topological polar surface area (TPSA) is 40.5 Å². The van der Waals surface area contributed by atoms with Crippen molar-refractivity contribution in [1.82, 2.24) is 0 Å². The molecule has 4 heteroatoms.